The van der Waals surface area contributed by atoms with E-state index in [1.807, 2.05) is 13.0 Å². The molecule has 0 aromatic rings. The highest BCUT2D eigenvalue weighted by atomic mass is 16.6. The Labute approximate surface area is 237 Å². The van der Waals surface area contributed by atoms with Crippen LogP contribution in [0.3, 0.4) is 0 Å². The Kier molecular flexibility index (Phi) is 16.8. The predicted molar refractivity (Wildman–Crippen MR) is 159 cm³/mol. The molecule has 8 heteroatoms. The molecule has 1 rings (SSSR count). The Morgan fingerprint density at radius 3 is 2.33 bits per heavy atom. The Morgan fingerprint density at radius 2 is 1.82 bits per heavy atom. The summed E-state index contributed by atoms with van der Waals surface area (Å²) in [6.45, 7) is 18.2. The molecule has 1 amide bonds. The summed E-state index contributed by atoms with van der Waals surface area (Å²) in [5, 5.41) is 10.0. The molecule has 0 aliphatic carbocycles. The van der Waals surface area contributed by atoms with Gasteiger partial charge in [-0.1, -0.05) is 65.0 Å². The number of piperidine rings is 1. The molecule has 0 spiro atoms. The molecule has 0 aromatic heterocycles. The van der Waals surface area contributed by atoms with E-state index in [0.717, 1.165) is 12.1 Å². The lowest BCUT2D eigenvalue weighted by molar-refractivity contribution is -0.139. The maximum atomic E-state index is 12.8. The smallest absolute Gasteiger partial charge is 0.411 e. The van der Waals surface area contributed by atoms with E-state index in [1.165, 1.54) is 43.3 Å². The minimum atomic E-state index is -1.03. The zero-order valence-electron chi connectivity index (χ0n) is 26.0. The van der Waals surface area contributed by atoms with Crippen LogP contribution in [0.15, 0.2) is 39.7 Å². The van der Waals surface area contributed by atoms with Gasteiger partial charge in [-0.3, -0.25) is 14.7 Å². The molecule has 1 fully saturated rings. The number of nitrogens with zero attached hydrogens (tertiary/aromatic N) is 3. The Morgan fingerprint density at radius 1 is 1.21 bits per heavy atom. The van der Waals surface area contributed by atoms with Crippen molar-refractivity contribution in [3.05, 3.63) is 34.7 Å². The number of ether oxygens (including phenoxy) is 2. The van der Waals surface area contributed by atoms with E-state index >= 15 is 0 Å². The van der Waals surface area contributed by atoms with Crippen LogP contribution in [0.25, 0.3) is 0 Å². The molecule has 0 aromatic carbocycles. The number of methoxy groups -OCH3 is 1. The number of nitrogens with two attached hydrogens (primary N) is 1. The monoisotopic (exact) mass is 544 g/mol. The predicted octanol–water partition coefficient (Wildman–Crippen LogP) is 7.22. The Balaban J connectivity index is 0.00000458. The fraction of sp³-hybridized carbons (Fsp3) is 0.677. The maximum Gasteiger partial charge on any atom is 0.411 e. The molecule has 0 bridgehead atoms. The molecule has 1 aliphatic heterocycles. The second-order valence-electron chi connectivity index (χ2n) is 11.0. The molecule has 1 heterocycles. The van der Waals surface area contributed by atoms with Gasteiger partial charge in [0.25, 0.3) is 0 Å². The van der Waals surface area contributed by atoms with Gasteiger partial charge in [-0.25, -0.2) is 4.79 Å². The van der Waals surface area contributed by atoms with Gasteiger partial charge in [-0.15, -0.1) is 0 Å². The lowest BCUT2D eigenvalue weighted by Gasteiger charge is -2.36. The molecule has 8 nitrogen and oxygen atoms in total. The normalized spacial score (nSPS) is 19.5. The average molecular weight is 545 g/mol. The van der Waals surface area contributed by atoms with Gasteiger partial charge in [-0.2, -0.15) is 5.26 Å². The number of esters is 1. The highest BCUT2D eigenvalue weighted by molar-refractivity contribution is 6.05. The molecule has 0 radical (unpaired) electrons. The fourth-order valence-electron chi connectivity index (χ4n) is 3.85. The van der Waals surface area contributed by atoms with Crippen LogP contribution >= 0.6 is 0 Å². The quantitative estimate of drug-likeness (QED) is 0.186. The molecule has 1 saturated heterocycles. The lowest BCUT2D eigenvalue weighted by Crippen LogP contribution is -2.50. The second kappa shape index (κ2) is 18.3. The molecule has 2 atom stereocenters. The van der Waals surface area contributed by atoms with Gasteiger partial charge in [0.15, 0.2) is 6.04 Å². The number of aliphatic imine (C=N–C) groups is 1. The summed E-state index contributed by atoms with van der Waals surface area (Å²) in [4.78, 5) is 30.9. The largest absolute Gasteiger partial charge is 0.469 e. The van der Waals surface area contributed by atoms with E-state index in [-0.39, 0.29) is 18.7 Å². The third kappa shape index (κ3) is 13.5. The van der Waals surface area contributed by atoms with Crippen LogP contribution in [0.4, 0.5) is 4.79 Å². The Bertz CT molecular complexity index is 964. The van der Waals surface area contributed by atoms with Crippen LogP contribution in [0.1, 0.15) is 107 Å². The van der Waals surface area contributed by atoms with E-state index < -0.39 is 23.7 Å². The third-order valence-corrected chi connectivity index (χ3v) is 6.06. The third-order valence-electron chi connectivity index (χ3n) is 6.06. The van der Waals surface area contributed by atoms with Crippen LogP contribution in [-0.2, 0) is 14.3 Å². The van der Waals surface area contributed by atoms with Crippen molar-refractivity contribution in [3.63, 3.8) is 0 Å². The standard InChI is InChI=1S/C28H44N4O4.C3H8/c1-9-10-11-12-19(2)20(3)13-14-21(4)31-23-15-16-32(27(34)36-28(5,6)7)24(18-29)26(23)22(30)17-25(33)35-8;1-3-2/h13-14,19,24H,9-12,15-17,30H2,1-8H3;3H2,1-2H3/b20-13+,21-14+,26-22+,31-23-;. The van der Waals surface area contributed by atoms with Crippen molar-refractivity contribution in [2.75, 3.05) is 13.7 Å². The minimum absolute atomic E-state index is 0.157. The Hall–Kier alpha value is -3.08. The van der Waals surface area contributed by atoms with Crippen molar-refractivity contribution in [3.8, 4) is 6.07 Å². The van der Waals surface area contributed by atoms with Gasteiger partial charge in [-0.05, 0) is 53.0 Å². The van der Waals surface area contributed by atoms with Gasteiger partial charge in [0.2, 0.25) is 0 Å². The highest BCUT2D eigenvalue weighted by Crippen LogP contribution is 2.27. The lowest BCUT2D eigenvalue weighted by atomic mass is 9.91. The first kappa shape index (κ1) is 35.9. The zero-order chi connectivity index (χ0) is 30.2. The molecule has 220 valence electrons. The van der Waals surface area contributed by atoms with E-state index in [2.05, 4.69) is 46.8 Å². The first-order valence-electron chi connectivity index (χ1n) is 14.1. The van der Waals surface area contributed by atoms with E-state index in [0.29, 0.717) is 23.6 Å². The van der Waals surface area contributed by atoms with Crippen molar-refractivity contribution in [1.82, 2.24) is 4.90 Å². The van der Waals surface area contributed by atoms with Crippen molar-refractivity contribution < 1.29 is 19.1 Å². The number of hydrogen-bond acceptors (Lipinski definition) is 7. The van der Waals surface area contributed by atoms with Crippen LogP contribution < -0.4 is 5.73 Å². The number of carbonyl (C=O) groups is 2. The molecular weight excluding hydrogens is 492 g/mol. The summed E-state index contributed by atoms with van der Waals surface area (Å²) < 4.78 is 10.3. The summed E-state index contributed by atoms with van der Waals surface area (Å²) >= 11 is 0. The summed E-state index contributed by atoms with van der Waals surface area (Å²) in [7, 11) is 1.27. The number of carbonyl (C=O) groups excluding carboxylic acids is 2. The number of allylic oxidation sites excluding steroid dienone is 4. The van der Waals surface area contributed by atoms with Gasteiger partial charge in [0, 0.05) is 29.9 Å². The SMILES string of the molecule is CCC.CCCCCC(C)/C(C)=C/C=C(C)/N=C1/CCN(C(=O)OC(C)(C)C)C(C#N)/C1=C(/N)CC(=O)OC. The number of amides is 1. The van der Waals surface area contributed by atoms with Crippen molar-refractivity contribution in [2.24, 2.45) is 16.6 Å². The van der Waals surface area contributed by atoms with Gasteiger partial charge < -0.3 is 15.2 Å². The fourth-order valence-corrected chi connectivity index (χ4v) is 3.85. The molecular formula is C31H52N4O4. The minimum Gasteiger partial charge on any atom is -0.469 e. The molecule has 1 aliphatic rings. The summed E-state index contributed by atoms with van der Waals surface area (Å²) in [5.74, 6) is -0.0484. The molecule has 2 unspecified atom stereocenters. The number of hydrogen-bond donors (Lipinski definition) is 1. The van der Waals surface area contributed by atoms with Gasteiger partial charge in [0.1, 0.15) is 5.60 Å². The first-order chi connectivity index (χ1) is 18.3. The molecule has 39 heavy (non-hydrogen) atoms. The van der Waals surface area contributed by atoms with Crippen molar-refractivity contribution >= 4 is 17.8 Å². The topological polar surface area (TPSA) is 118 Å². The van der Waals surface area contributed by atoms with Crippen molar-refractivity contribution in [1.29, 1.82) is 5.26 Å². The van der Waals surface area contributed by atoms with Gasteiger partial charge in [0.05, 0.1) is 25.3 Å². The number of rotatable bonds is 9. The van der Waals surface area contributed by atoms with Crippen molar-refractivity contribution in [2.45, 2.75) is 119 Å². The molecule has 2 N–H and O–H groups in total. The van der Waals surface area contributed by atoms with Crippen LogP contribution in [0.5, 0.6) is 0 Å². The van der Waals surface area contributed by atoms with E-state index in [1.54, 1.807) is 20.8 Å². The highest BCUT2D eigenvalue weighted by Gasteiger charge is 2.38. The van der Waals surface area contributed by atoms with E-state index in [4.69, 9.17) is 20.2 Å². The summed E-state index contributed by atoms with van der Waals surface area (Å²) in [5.41, 5.74) is 8.71. The summed E-state index contributed by atoms with van der Waals surface area (Å²) in [6.07, 6.45) is 9.64. The average Bonchev–Trinajstić information content (AvgIpc) is 2.86. The van der Waals surface area contributed by atoms with E-state index in [9.17, 15) is 14.9 Å². The van der Waals surface area contributed by atoms with Crippen LogP contribution in [0, 0.1) is 17.2 Å². The maximum absolute atomic E-state index is 12.8. The van der Waals surface area contributed by atoms with Crippen LogP contribution in [0.2, 0.25) is 0 Å². The first-order valence-corrected chi connectivity index (χ1v) is 14.1. The number of unbranched alkanes of at least 4 members (excludes halogenated alkanes) is 2. The second-order valence-corrected chi connectivity index (χ2v) is 11.0. The number of likely N-dealkylation sites (tertiary alicyclic amines) is 1. The molecule has 0 saturated carbocycles. The zero-order valence-corrected chi connectivity index (χ0v) is 26.0. The van der Waals surface area contributed by atoms with Gasteiger partial charge >= 0.3 is 12.1 Å². The number of nitriles is 1. The van der Waals surface area contributed by atoms with Crippen LogP contribution in [-0.4, -0.2) is 48.0 Å². The summed E-state index contributed by atoms with van der Waals surface area (Å²) in [6, 6.07) is 1.13.